The number of furan rings is 1. The van der Waals surface area contributed by atoms with Crippen LogP contribution in [-0.2, 0) is 9.84 Å². The van der Waals surface area contributed by atoms with Gasteiger partial charge in [0.25, 0.3) is 5.91 Å². The van der Waals surface area contributed by atoms with E-state index in [1.807, 2.05) is 0 Å². The quantitative estimate of drug-likeness (QED) is 0.846. The van der Waals surface area contributed by atoms with E-state index in [0.717, 1.165) is 0 Å². The van der Waals surface area contributed by atoms with E-state index in [-0.39, 0.29) is 5.91 Å². The van der Waals surface area contributed by atoms with Crippen LogP contribution in [0.3, 0.4) is 0 Å². The fourth-order valence-electron chi connectivity index (χ4n) is 1.89. The highest BCUT2D eigenvalue weighted by molar-refractivity contribution is 7.91. The molecule has 1 rings (SSSR count). The van der Waals surface area contributed by atoms with E-state index < -0.39 is 21.1 Å². The van der Waals surface area contributed by atoms with Crippen LogP contribution in [0.15, 0.2) is 10.5 Å². The van der Waals surface area contributed by atoms with Gasteiger partial charge in [0.15, 0.2) is 9.84 Å². The number of aryl methyl sites for hydroxylation is 2. The molecular formula is C13H21NO4S. The standard InChI is InChI=1S/C13H21NO4S/c1-8-7-12(10(3)18-8)13(15)14(5)9(2)11(4)19(6,16)17/h7,9,11H,1-6H3/t9-,11+/m1/s1. The van der Waals surface area contributed by atoms with Crippen molar-refractivity contribution < 1.29 is 17.6 Å². The molecule has 6 heteroatoms. The van der Waals surface area contributed by atoms with Gasteiger partial charge >= 0.3 is 0 Å². The molecule has 0 spiro atoms. The first-order chi connectivity index (χ1) is 8.55. The van der Waals surface area contributed by atoms with Crippen LogP contribution in [0.25, 0.3) is 0 Å². The average Bonchev–Trinajstić information content (AvgIpc) is 2.63. The smallest absolute Gasteiger partial charge is 0.257 e. The third kappa shape index (κ3) is 3.37. The minimum atomic E-state index is -3.19. The molecule has 1 aromatic heterocycles. The number of rotatable bonds is 4. The van der Waals surface area contributed by atoms with Crippen LogP contribution < -0.4 is 0 Å². The highest BCUT2D eigenvalue weighted by Crippen LogP contribution is 2.18. The Bertz CT molecular complexity index is 573. The summed E-state index contributed by atoms with van der Waals surface area (Å²) in [6.07, 6.45) is 1.18. The first kappa shape index (κ1) is 15.8. The molecule has 1 aromatic rings. The third-order valence-corrected chi connectivity index (χ3v) is 5.30. The molecule has 5 nitrogen and oxygen atoms in total. The normalized spacial score (nSPS) is 15.1. The van der Waals surface area contributed by atoms with Gasteiger partial charge in [-0.1, -0.05) is 0 Å². The molecule has 0 saturated heterocycles. The number of carbonyl (C=O) groups is 1. The van der Waals surface area contributed by atoms with E-state index in [2.05, 4.69) is 0 Å². The molecular weight excluding hydrogens is 266 g/mol. The van der Waals surface area contributed by atoms with Gasteiger partial charge in [-0.15, -0.1) is 0 Å². The predicted octanol–water partition coefficient (Wildman–Crippen LogP) is 1.79. The SMILES string of the molecule is Cc1cc(C(=O)N(C)[C@H](C)[C@H](C)S(C)(=O)=O)c(C)o1. The zero-order chi connectivity index (χ0) is 15.0. The van der Waals surface area contributed by atoms with Crippen molar-refractivity contribution >= 4 is 15.7 Å². The van der Waals surface area contributed by atoms with Gasteiger partial charge in [0.05, 0.1) is 10.8 Å². The Morgan fingerprint density at radius 2 is 1.84 bits per heavy atom. The van der Waals surface area contributed by atoms with Crippen LogP contribution in [0.5, 0.6) is 0 Å². The van der Waals surface area contributed by atoms with Crippen LogP contribution in [-0.4, -0.2) is 43.8 Å². The van der Waals surface area contributed by atoms with Gasteiger partial charge in [-0.3, -0.25) is 4.79 Å². The van der Waals surface area contributed by atoms with Gasteiger partial charge in [0, 0.05) is 19.3 Å². The Balaban J connectivity index is 2.98. The van der Waals surface area contributed by atoms with Crippen LogP contribution in [0.1, 0.15) is 35.7 Å². The summed E-state index contributed by atoms with van der Waals surface area (Å²) >= 11 is 0. The third-order valence-electron chi connectivity index (χ3n) is 3.56. The molecule has 0 fully saturated rings. The number of hydrogen-bond acceptors (Lipinski definition) is 4. The second-order valence-corrected chi connectivity index (χ2v) is 7.42. The molecule has 0 saturated carbocycles. The van der Waals surface area contributed by atoms with Crippen LogP contribution in [0, 0.1) is 13.8 Å². The van der Waals surface area contributed by atoms with Crippen LogP contribution >= 0.6 is 0 Å². The van der Waals surface area contributed by atoms with Crippen molar-refractivity contribution in [2.75, 3.05) is 13.3 Å². The summed E-state index contributed by atoms with van der Waals surface area (Å²) in [5, 5.41) is -0.616. The van der Waals surface area contributed by atoms with E-state index >= 15 is 0 Å². The number of carbonyl (C=O) groups excluding carboxylic acids is 1. The Hall–Kier alpha value is -1.30. The first-order valence-electron chi connectivity index (χ1n) is 6.08. The fourth-order valence-corrected chi connectivity index (χ4v) is 2.79. The lowest BCUT2D eigenvalue weighted by Gasteiger charge is -2.28. The summed E-state index contributed by atoms with van der Waals surface area (Å²) in [4.78, 5) is 13.8. The van der Waals surface area contributed by atoms with Gasteiger partial charge < -0.3 is 9.32 Å². The Kier molecular flexibility index (Phi) is 4.45. The molecule has 0 bridgehead atoms. The maximum Gasteiger partial charge on any atom is 0.257 e. The molecule has 1 amide bonds. The summed E-state index contributed by atoms with van der Waals surface area (Å²) in [6, 6.07) is 1.27. The van der Waals surface area contributed by atoms with E-state index in [9.17, 15) is 13.2 Å². The average molecular weight is 287 g/mol. The van der Waals surface area contributed by atoms with E-state index in [4.69, 9.17) is 4.42 Å². The molecule has 108 valence electrons. The van der Waals surface area contributed by atoms with Crippen LogP contribution in [0.4, 0.5) is 0 Å². The van der Waals surface area contributed by atoms with Crippen molar-refractivity contribution in [3.8, 4) is 0 Å². The topological polar surface area (TPSA) is 67.6 Å². The van der Waals surface area contributed by atoms with Gasteiger partial charge in [-0.05, 0) is 33.8 Å². The highest BCUT2D eigenvalue weighted by Gasteiger charge is 2.29. The van der Waals surface area contributed by atoms with Crippen LogP contribution in [0.2, 0.25) is 0 Å². The lowest BCUT2D eigenvalue weighted by molar-refractivity contribution is 0.0741. The molecule has 19 heavy (non-hydrogen) atoms. The number of amides is 1. The predicted molar refractivity (Wildman–Crippen MR) is 74.0 cm³/mol. The van der Waals surface area contributed by atoms with Crippen molar-refractivity contribution in [2.24, 2.45) is 0 Å². The van der Waals surface area contributed by atoms with Crippen molar-refractivity contribution in [1.29, 1.82) is 0 Å². The zero-order valence-electron chi connectivity index (χ0n) is 12.2. The minimum Gasteiger partial charge on any atom is -0.466 e. The summed E-state index contributed by atoms with van der Waals surface area (Å²) in [5.41, 5.74) is 0.479. The molecule has 2 atom stereocenters. The monoisotopic (exact) mass is 287 g/mol. The lowest BCUT2D eigenvalue weighted by atomic mass is 10.1. The second-order valence-electron chi connectivity index (χ2n) is 5.02. The Labute approximate surface area is 114 Å². The summed E-state index contributed by atoms with van der Waals surface area (Å²) in [5.74, 6) is 0.990. The van der Waals surface area contributed by atoms with E-state index in [1.54, 1.807) is 40.8 Å². The molecule has 0 radical (unpaired) electrons. The minimum absolute atomic E-state index is 0.225. The maximum absolute atomic E-state index is 12.3. The highest BCUT2D eigenvalue weighted by atomic mass is 32.2. The fraction of sp³-hybridized carbons (Fsp3) is 0.615. The number of nitrogens with zero attached hydrogens (tertiary/aromatic N) is 1. The van der Waals surface area contributed by atoms with Gasteiger partial charge in [0.2, 0.25) is 0 Å². The molecule has 0 aliphatic carbocycles. The second kappa shape index (κ2) is 5.36. The number of sulfone groups is 1. The lowest BCUT2D eigenvalue weighted by Crippen LogP contribution is -2.44. The first-order valence-corrected chi connectivity index (χ1v) is 8.04. The zero-order valence-corrected chi connectivity index (χ0v) is 13.0. The summed E-state index contributed by atoms with van der Waals surface area (Å²) in [6.45, 7) is 6.83. The van der Waals surface area contributed by atoms with Crippen molar-refractivity contribution in [3.63, 3.8) is 0 Å². The molecule has 1 heterocycles. The molecule has 0 N–H and O–H groups in total. The van der Waals surface area contributed by atoms with E-state index in [0.29, 0.717) is 17.1 Å². The van der Waals surface area contributed by atoms with Gasteiger partial charge in [-0.2, -0.15) is 0 Å². The van der Waals surface area contributed by atoms with E-state index in [1.165, 1.54) is 11.2 Å². The molecule has 0 aliphatic rings. The van der Waals surface area contributed by atoms with Crippen molar-refractivity contribution in [2.45, 2.75) is 39.0 Å². The van der Waals surface area contributed by atoms with Crippen molar-refractivity contribution in [1.82, 2.24) is 4.90 Å². The Morgan fingerprint density at radius 1 is 1.32 bits per heavy atom. The number of hydrogen-bond donors (Lipinski definition) is 0. The summed E-state index contributed by atoms with van der Waals surface area (Å²) < 4.78 is 28.4. The summed E-state index contributed by atoms with van der Waals surface area (Å²) in [7, 11) is -1.58. The van der Waals surface area contributed by atoms with Crippen molar-refractivity contribution in [3.05, 3.63) is 23.2 Å². The maximum atomic E-state index is 12.3. The largest absolute Gasteiger partial charge is 0.466 e. The Morgan fingerprint density at radius 3 is 2.21 bits per heavy atom. The molecule has 0 unspecified atom stereocenters. The van der Waals surface area contributed by atoms with Gasteiger partial charge in [-0.25, -0.2) is 8.42 Å². The van der Waals surface area contributed by atoms with Gasteiger partial charge in [0.1, 0.15) is 11.5 Å². The molecule has 0 aromatic carbocycles. The molecule has 0 aliphatic heterocycles.